The van der Waals surface area contributed by atoms with E-state index >= 15 is 0 Å². The third-order valence-corrected chi connectivity index (χ3v) is 7.11. The van der Waals surface area contributed by atoms with Gasteiger partial charge in [0, 0.05) is 32.2 Å². The summed E-state index contributed by atoms with van der Waals surface area (Å²) in [4.78, 5) is 33.5. The summed E-state index contributed by atoms with van der Waals surface area (Å²) in [5.41, 5.74) is 1.81. The van der Waals surface area contributed by atoms with E-state index in [-0.39, 0.29) is 29.5 Å². The average Bonchev–Trinajstić information content (AvgIpc) is 3.37. The van der Waals surface area contributed by atoms with Crippen molar-refractivity contribution < 1.29 is 22.8 Å². The molecule has 3 aromatic rings. The second-order valence-corrected chi connectivity index (χ2v) is 10.9. The number of nitrogens with zero attached hydrogens (tertiary/aromatic N) is 3. The number of carbonyl (C=O) groups excluding carboxylic acids is 2. The lowest BCUT2D eigenvalue weighted by Crippen LogP contribution is -2.53. The molecule has 2 amide bonds. The van der Waals surface area contributed by atoms with Gasteiger partial charge in [-0.25, -0.2) is 18.2 Å². The number of benzene rings is 2. The van der Waals surface area contributed by atoms with Gasteiger partial charge >= 0.3 is 0 Å². The summed E-state index contributed by atoms with van der Waals surface area (Å²) in [6, 6.07) is 8.21. The van der Waals surface area contributed by atoms with Crippen LogP contribution in [-0.2, 0) is 31.0 Å². The minimum Gasteiger partial charge on any atom is -0.338 e. The van der Waals surface area contributed by atoms with Gasteiger partial charge in [0.2, 0.25) is 5.91 Å². The molecule has 1 atom stereocenters. The SMILES string of the molecule is CC(C)(C)C(NC(=O)c1nc(-c2cc(F)c(F)cc2F)n2c1CNCCC2)C(=O)N1Cc2ccccc2C1. The van der Waals surface area contributed by atoms with Crippen LogP contribution >= 0.6 is 0 Å². The minimum atomic E-state index is -1.30. The normalized spacial score (nSPS) is 16.0. The summed E-state index contributed by atoms with van der Waals surface area (Å²) in [5, 5.41) is 6.10. The van der Waals surface area contributed by atoms with E-state index in [1.54, 1.807) is 9.47 Å². The molecule has 3 heterocycles. The molecule has 0 aliphatic carbocycles. The molecule has 0 fully saturated rings. The van der Waals surface area contributed by atoms with E-state index in [1.807, 2.05) is 45.0 Å². The molecule has 2 aliphatic heterocycles. The Morgan fingerprint density at radius 2 is 1.68 bits per heavy atom. The van der Waals surface area contributed by atoms with Crippen molar-refractivity contribution in [1.29, 1.82) is 0 Å². The fraction of sp³-hybridized carbons (Fsp3) is 0.393. The first kappa shape index (κ1) is 26.0. The number of carbonyl (C=O) groups is 2. The second kappa shape index (κ2) is 9.90. The molecule has 1 aromatic heterocycles. The molecule has 0 radical (unpaired) electrons. The molecule has 2 aromatic carbocycles. The lowest BCUT2D eigenvalue weighted by Gasteiger charge is -2.33. The highest BCUT2D eigenvalue weighted by Gasteiger charge is 2.39. The van der Waals surface area contributed by atoms with Crippen molar-refractivity contribution >= 4 is 11.8 Å². The number of halogens is 3. The highest BCUT2D eigenvalue weighted by atomic mass is 19.2. The van der Waals surface area contributed by atoms with E-state index in [2.05, 4.69) is 15.6 Å². The molecular formula is C28H30F3N5O2. The summed E-state index contributed by atoms with van der Waals surface area (Å²) in [6.45, 7) is 7.87. The van der Waals surface area contributed by atoms with E-state index in [4.69, 9.17) is 0 Å². The predicted octanol–water partition coefficient (Wildman–Crippen LogP) is 4.15. The molecule has 0 bridgehead atoms. The number of hydrogen-bond acceptors (Lipinski definition) is 4. The van der Waals surface area contributed by atoms with E-state index in [9.17, 15) is 22.8 Å². The van der Waals surface area contributed by atoms with Crippen molar-refractivity contribution in [2.75, 3.05) is 6.54 Å². The Kier molecular flexibility index (Phi) is 6.77. The molecular weight excluding hydrogens is 495 g/mol. The van der Waals surface area contributed by atoms with Crippen LogP contribution in [0.1, 0.15) is 54.5 Å². The molecule has 7 nitrogen and oxygen atoms in total. The number of aromatic nitrogens is 2. The maximum Gasteiger partial charge on any atom is 0.272 e. The number of rotatable bonds is 4. The summed E-state index contributed by atoms with van der Waals surface area (Å²) in [7, 11) is 0. The Hall–Kier alpha value is -3.66. The molecule has 0 spiro atoms. The zero-order valence-electron chi connectivity index (χ0n) is 21.6. The Bertz CT molecular complexity index is 1390. The van der Waals surface area contributed by atoms with Gasteiger partial charge in [0.05, 0.1) is 11.3 Å². The zero-order chi connectivity index (χ0) is 27.2. The number of nitrogens with one attached hydrogen (secondary N) is 2. The van der Waals surface area contributed by atoms with Crippen molar-refractivity contribution in [2.45, 2.75) is 59.4 Å². The van der Waals surface area contributed by atoms with E-state index < -0.39 is 34.8 Å². The first-order chi connectivity index (χ1) is 18.0. The number of hydrogen-bond donors (Lipinski definition) is 2. The molecule has 0 saturated carbocycles. The van der Waals surface area contributed by atoms with Gasteiger partial charge in [-0.15, -0.1) is 0 Å². The van der Waals surface area contributed by atoms with Crippen LogP contribution in [0.3, 0.4) is 0 Å². The summed E-state index contributed by atoms with van der Waals surface area (Å²) in [5.74, 6) is -4.24. The number of fused-ring (bicyclic) bond motifs is 2. The molecule has 2 N–H and O–H groups in total. The van der Waals surface area contributed by atoms with Gasteiger partial charge in [0.15, 0.2) is 17.3 Å². The van der Waals surface area contributed by atoms with Crippen LogP contribution in [0.25, 0.3) is 11.4 Å². The highest BCUT2D eigenvalue weighted by molar-refractivity contribution is 5.98. The van der Waals surface area contributed by atoms with Crippen LogP contribution in [0.5, 0.6) is 0 Å². The van der Waals surface area contributed by atoms with Gasteiger partial charge in [-0.2, -0.15) is 0 Å². The van der Waals surface area contributed by atoms with Crippen molar-refractivity contribution in [2.24, 2.45) is 5.41 Å². The van der Waals surface area contributed by atoms with Gasteiger partial charge in [0.1, 0.15) is 17.7 Å². The van der Waals surface area contributed by atoms with Gasteiger partial charge in [-0.1, -0.05) is 45.0 Å². The first-order valence-corrected chi connectivity index (χ1v) is 12.7. The predicted molar refractivity (Wildman–Crippen MR) is 135 cm³/mol. The van der Waals surface area contributed by atoms with E-state index in [1.165, 1.54) is 0 Å². The van der Waals surface area contributed by atoms with E-state index in [0.29, 0.717) is 44.4 Å². The minimum absolute atomic E-state index is 0.0188. The third kappa shape index (κ3) is 4.80. The van der Waals surface area contributed by atoms with Gasteiger partial charge in [-0.3, -0.25) is 9.59 Å². The van der Waals surface area contributed by atoms with Crippen LogP contribution in [-0.4, -0.2) is 38.9 Å². The third-order valence-electron chi connectivity index (χ3n) is 7.11. The van der Waals surface area contributed by atoms with Gasteiger partial charge < -0.3 is 20.1 Å². The topological polar surface area (TPSA) is 79.3 Å². The molecule has 1 unspecified atom stereocenters. The van der Waals surface area contributed by atoms with Crippen molar-refractivity contribution in [3.05, 3.63) is 76.4 Å². The average molecular weight is 526 g/mol. The van der Waals surface area contributed by atoms with Crippen LogP contribution in [0, 0.1) is 22.9 Å². The van der Waals surface area contributed by atoms with Crippen molar-refractivity contribution in [1.82, 2.24) is 25.1 Å². The fourth-order valence-corrected chi connectivity index (χ4v) is 5.08. The Labute approximate surface area is 219 Å². The quantitative estimate of drug-likeness (QED) is 0.502. The van der Waals surface area contributed by atoms with E-state index in [0.717, 1.165) is 17.2 Å². The standard InChI is InChI=1S/C28H30F3N5O2/c1-28(2,3)24(27(38)35-14-16-7-4-5-8-17(16)15-35)34-26(37)23-22-13-32-9-6-10-36(22)25(33-23)18-11-20(30)21(31)12-19(18)29/h4-5,7-8,11-12,24,32H,6,9-10,13-15H2,1-3H3,(H,34,37). The molecule has 38 heavy (non-hydrogen) atoms. The smallest absolute Gasteiger partial charge is 0.272 e. The van der Waals surface area contributed by atoms with Crippen LogP contribution in [0.4, 0.5) is 13.2 Å². The second-order valence-electron chi connectivity index (χ2n) is 10.9. The zero-order valence-corrected chi connectivity index (χ0v) is 21.6. The number of imidazole rings is 1. The largest absolute Gasteiger partial charge is 0.338 e. The van der Waals surface area contributed by atoms with Crippen LogP contribution in [0.15, 0.2) is 36.4 Å². The summed E-state index contributed by atoms with van der Waals surface area (Å²) < 4.78 is 44.0. The molecule has 5 rings (SSSR count). The van der Waals surface area contributed by atoms with Crippen molar-refractivity contribution in [3.8, 4) is 11.4 Å². The maximum atomic E-state index is 14.7. The van der Waals surface area contributed by atoms with Gasteiger partial charge in [-0.05, 0) is 35.6 Å². The van der Waals surface area contributed by atoms with Crippen LogP contribution in [0.2, 0.25) is 0 Å². The highest BCUT2D eigenvalue weighted by Crippen LogP contribution is 2.30. The lowest BCUT2D eigenvalue weighted by molar-refractivity contribution is -0.136. The lowest BCUT2D eigenvalue weighted by atomic mass is 9.85. The monoisotopic (exact) mass is 525 g/mol. The van der Waals surface area contributed by atoms with Crippen molar-refractivity contribution in [3.63, 3.8) is 0 Å². The molecule has 0 saturated heterocycles. The van der Waals surface area contributed by atoms with Crippen LogP contribution < -0.4 is 10.6 Å². The molecule has 10 heteroatoms. The molecule has 2 aliphatic rings. The fourth-order valence-electron chi connectivity index (χ4n) is 5.08. The summed E-state index contributed by atoms with van der Waals surface area (Å²) in [6.07, 6.45) is 0.668. The Morgan fingerprint density at radius 1 is 1.03 bits per heavy atom. The number of amides is 2. The Balaban J connectivity index is 1.48. The Morgan fingerprint density at radius 3 is 2.34 bits per heavy atom. The maximum absolute atomic E-state index is 14.7. The summed E-state index contributed by atoms with van der Waals surface area (Å²) >= 11 is 0. The van der Waals surface area contributed by atoms with Gasteiger partial charge in [0.25, 0.3) is 5.91 Å². The molecule has 200 valence electrons. The first-order valence-electron chi connectivity index (χ1n) is 12.7.